The first-order chi connectivity index (χ1) is 13.7. The number of benzene rings is 2. The molecule has 0 aliphatic carbocycles. The lowest BCUT2D eigenvalue weighted by Gasteiger charge is -2.04. The van der Waals surface area contributed by atoms with Crippen LogP contribution in [-0.2, 0) is 0 Å². The fraction of sp³-hybridized carbons (Fsp3) is 0.143. The minimum absolute atomic E-state index is 0.0903. The summed E-state index contributed by atoms with van der Waals surface area (Å²) < 4.78 is 12.9. The Morgan fingerprint density at radius 1 is 1.21 bits per heavy atom. The van der Waals surface area contributed by atoms with Crippen LogP contribution >= 0.6 is 11.3 Å². The topological polar surface area (TPSA) is 72.2 Å². The third-order valence-electron chi connectivity index (χ3n) is 4.18. The van der Waals surface area contributed by atoms with Gasteiger partial charge in [0.2, 0.25) is 4.80 Å². The van der Waals surface area contributed by atoms with Crippen molar-refractivity contribution in [2.75, 3.05) is 13.7 Å². The Hall–Kier alpha value is -3.32. The molecule has 2 heterocycles. The first-order valence-corrected chi connectivity index (χ1v) is 9.69. The number of hydrogen-bond acceptors (Lipinski definition) is 6. The number of ether oxygens (including phenoxy) is 1. The summed E-state index contributed by atoms with van der Waals surface area (Å²) in [6.45, 7) is 2.64. The van der Waals surface area contributed by atoms with E-state index in [4.69, 9.17) is 9.15 Å². The third kappa shape index (κ3) is 3.44. The van der Waals surface area contributed by atoms with E-state index in [1.807, 2.05) is 42.6 Å². The molecule has 4 aromatic rings. The predicted octanol–water partition coefficient (Wildman–Crippen LogP) is 4.48. The maximum atomic E-state index is 9.76. The molecule has 1 N–H and O–H groups in total. The van der Waals surface area contributed by atoms with Crippen molar-refractivity contribution in [1.29, 1.82) is 0 Å². The quantitative estimate of drug-likeness (QED) is 0.508. The molecule has 0 saturated heterocycles. The normalized spacial score (nSPS) is 12.3. The van der Waals surface area contributed by atoms with Gasteiger partial charge in [-0.25, -0.2) is 4.68 Å². The van der Waals surface area contributed by atoms with E-state index in [1.165, 1.54) is 18.4 Å². The van der Waals surface area contributed by atoms with Crippen LogP contribution in [0, 0.1) is 0 Å². The number of rotatable bonds is 5. The molecule has 142 valence electrons. The van der Waals surface area contributed by atoms with E-state index in [2.05, 4.69) is 10.1 Å². The lowest BCUT2D eigenvalue weighted by atomic mass is 10.2. The highest BCUT2D eigenvalue weighted by atomic mass is 32.1. The molecular formula is C21H19N3O3S. The number of para-hydroxylation sites is 1. The zero-order chi connectivity index (χ0) is 19.5. The molecule has 6 nitrogen and oxygen atoms in total. The molecule has 0 fully saturated rings. The van der Waals surface area contributed by atoms with Crippen molar-refractivity contribution < 1.29 is 14.3 Å². The number of thiazole rings is 1. The lowest BCUT2D eigenvalue weighted by molar-refractivity contribution is 0.373. The van der Waals surface area contributed by atoms with Gasteiger partial charge in [-0.05, 0) is 42.8 Å². The van der Waals surface area contributed by atoms with Crippen molar-refractivity contribution in [3.8, 4) is 23.0 Å². The standard InChI is InChI=1S/C21H19N3O3S/c1-3-22-21-24(23-12-14-8-9-17(25)20(10-14)26-2)16(13-28-21)19-11-15-6-4-5-7-18(15)27-19/h4-13,25H,3H2,1-2H3. The molecule has 0 atom stereocenters. The largest absolute Gasteiger partial charge is 0.504 e. The fourth-order valence-electron chi connectivity index (χ4n) is 2.83. The third-order valence-corrected chi connectivity index (χ3v) is 5.04. The van der Waals surface area contributed by atoms with Gasteiger partial charge in [0, 0.05) is 17.3 Å². The summed E-state index contributed by atoms with van der Waals surface area (Å²) in [6, 6.07) is 15.0. The van der Waals surface area contributed by atoms with Gasteiger partial charge >= 0.3 is 0 Å². The number of hydrogen-bond donors (Lipinski definition) is 1. The van der Waals surface area contributed by atoms with Gasteiger partial charge < -0.3 is 14.3 Å². The van der Waals surface area contributed by atoms with Crippen molar-refractivity contribution in [3.63, 3.8) is 0 Å². The van der Waals surface area contributed by atoms with Crippen LogP contribution in [0.4, 0.5) is 0 Å². The minimum atomic E-state index is 0.0903. The second kappa shape index (κ2) is 7.74. The molecule has 0 amide bonds. The van der Waals surface area contributed by atoms with Gasteiger partial charge in [-0.15, -0.1) is 11.3 Å². The Bertz CT molecular complexity index is 1180. The molecule has 0 saturated carbocycles. The van der Waals surface area contributed by atoms with Crippen molar-refractivity contribution in [1.82, 2.24) is 4.68 Å². The van der Waals surface area contributed by atoms with Crippen LogP contribution < -0.4 is 9.54 Å². The molecule has 0 radical (unpaired) electrons. The number of phenolic OH excluding ortho intramolecular Hbond substituents is 1. The number of fused-ring (bicyclic) bond motifs is 1. The Balaban J connectivity index is 1.79. The van der Waals surface area contributed by atoms with E-state index in [0.29, 0.717) is 12.3 Å². The van der Waals surface area contributed by atoms with Crippen LogP contribution in [0.3, 0.4) is 0 Å². The summed E-state index contributed by atoms with van der Waals surface area (Å²) in [4.78, 5) is 5.31. The SMILES string of the molecule is CCN=c1scc(-c2cc3ccccc3o2)n1N=Cc1ccc(O)c(OC)c1. The zero-order valence-corrected chi connectivity index (χ0v) is 16.3. The second-order valence-corrected chi connectivity index (χ2v) is 6.85. The minimum Gasteiger partial charge on any atom is -0.504 e. The first-order valence-electron chi connectivity index (χ1n) is 8.81. The fourth-order valence-corrected chi connectivity index (χ4v) is 3.71. The van der Waals surface area contributed by atoms with Gasteiger partial charge in [0.15, 0.2) is 17.3 Å². The molecule has 0 bridgehead atoms. The monoisotopic (exact) mass is 393 g/mol. The number of nitrogens with zero attached hydrogens (tertiary/aromatic N) is 3. The van der Waals surface area contributed by atoms with Gasteiger partial charge in [-0.2, -0.15) is 5.10 Å². The van der Waals surface area contributed by atoms with Gasteiger partial charge in [0.05, 0.1) is 13.3 Å². The molecule has 4 rings (SSSR count). The Kier molecular flexibility index (Phi) is 4.99. The van der Waals surface area contributed by atoms with Crippen LogP contribution in [0.2, 0.25) is 0 Å². The van der Waals surface area contributed by atoms with E-state index in [1.54, 1.807) is 29.1 Å². The molecular weight excluding hydrogens is 374 g/mol. The summed E-state index contributed by atoms with van der Waals surface area (Å²) >= 11 is 1.51. The van der Waals surface area contributed by atoms with Crippen LogP contribution in [0.25, 0.3) is 22.4 Å². The van der Waals surface area contributed by atoms with Crippen molar-refractivity contribution in [3.05, 3.63) is 64.3 Å². The second-order valence-electron chi connectivity index (χ2n) is 6.01. The number of phenols is 1. The highest BCUT2D eigenvalue weighted by molar-refractivity contribution is 7.07. The number of furan rings is 1. The Morgan fingerprint density at radius 2 is 2.07 bits per heavy atom. The number of methoxy groups -OCH3 is 1. The molecule has 7 heteroatoms. The average Bonchev–Trinajstić information content (AvgIpc) is 3.31. The van der Waals surface area contributed by atoms with E-state index in [9.17, 15) is 5.11 Å². The van der Waals surface area contributed by atoms with E-state index >= 15 is 0 Å². The highest BCUT2D eigenvalue weighted by Crippen LogP contribution is 2.28. The summed E-state index contributed by atoms with van der Waals surface area (Å²) in [5.74, 6) is 1.22. The number of aromatic nitrogens is 1. The van der Waals surface area contributed by atoms with Gasteiger partial charge in [0.25, 0.3) is 0 Å². The van der Waals surface area contributed by atoms with Crippen molar-refractivity contribution in [2.45, 2.75) is 6.92 Å². The van der Waals surface area contributed by atoms with Crippen LogP contribution in [0.1, 0.15) is 12.5 Å². The summed E-state index contributed by atoms with van der Waals surface area (Å²) in [7, 11) is 1.52. The molecule has 0 aliphatic heterocycles. The van der Waals surface area contributed by atoms with Gasteiger partial charge in [-0.3, -0.25) is 4.99 Å². The average molecular weight is 393 g/mol. The van der Waals surface area contributed by atoms with Gasteiger partial charge in [-0.1, -0.05) is 18.2 Å². The molecule has 2 aromatic carbocycles. The van der Waals surface area contributed by atoms with Crippen LogP contribution in [0.5, 0.6) is 11.5 Å². The molecule has 0 aliphatic rings. The lowest BCUT2D eigenvalue weighted by Crippen LogP contribution is -2.12. The summed E-state index contributed by atoms with van der Waals surface area (Å²) in [5.41, 5.74) is 2.46. The van der Waals surface area contributed by atoms with Gasteiger partial charge in [0.1, 0.15) is 11.3 Å². The first kappa shape index (κ1) is 18.1. The zero-order valence-electron chi connectivity index (χ0n) is 15.5. The molecule has 0 unspecified atom stereocenters. The van der Waals surface area contributed by atoms with E-state index < -0.39 is 0 Å². The molecule has 0 spiro atoms. The highest BCUT2D eigenvalue weighted by Gasteiger charge is 2.12. The van der Waals surface area contributed by atoms with Crippen molar-refractivity contribution >= 4 is 28.5 Å². The maximum absolute atomic E-state index is 9.76. The van der Waals surface area contributed by atoms with Crippen LogP contribution in [0.15, 0.2) is 68.4 Å². The van der Waals surface area contributed by atoms with Crippen LogP contribution in [-0.4, -0.2) is 29.7 Å². The Labute approximate surface area is 165 Å². The predicted molar refractivity (Wildman–Crippen MR) is 111 cm³/mol. The molecule has 2 aromatic heterocycles. The number of aromatic hydroxyl groups is 1. The molecule has 28 heavy (non-hydrogen) atoms. The smallest absolute Gasteiger partial charge is 0.206 e. The van der Waals surface area contributed by atoms with E-state index in [-0.39, 0.29) is 5.75 Å². The summed E-state index contributed by atoms with van der Waals surface area (Å²) in [5, 5.41) is 17.4. The summed E-state index contributed by atoms with van der Waals surface area (Å²) in [6.07, 6.45) is 1.70. The van der Waals surface area contributed by atoms with E-state index in [0.717, 1.165) is 32.8 Å². The van der Waals surface area contributed by atoms with Crippen molar-refractivity contribution in [2.24, 2.45) is 10.1 Å². The Morgan fingerprint density at radius 3 is 2.86 bits per heavy atom. The maximum Gasteiger partial charge on any atom is 0.206 e.